The molecule has 7 nitrogen and oxygen atoms in total. The van der Waals surface area contributed by atoms with Gasteiger partial charge in [-0.3, -0.25) is 14.5 Å². The molecule has 0 radical (unpaired) electrons. The summed E-state index contributed by atoms with van der Waals surface area (Å²) in [6, 6.07) is 17.4. The summed E-state index contributed by atoms with van der Waals surface area (Å²) in [4.78, 5) is 26.9. The second-order valence-electron chi connectivity index (χ2n) is 7.60. The van der Waals surface area contributed by atoms with Crippen molar-refractivity contribution in [3.8, 4) is 16.9 Å². The van der Waals surface area contributed by atoms with Crippen LogP contribution in [-0.2, 0) is 16.1 Å². The van der Waals surface area contributed by atoms with Crippen LogP contribution in [-0.4, -0.2) is 35.2 Å². The molecule has 31 heavy (non-hydrogen) atoms. The van der Waals surface area contributed by atoms with E-state index in [4.69, 9.17) is 4.74 Å². The number of aryl methyl sites for hydroxylation is 2. The highest BCUT2D eigenvalue weighted by atomic mass is 16.5. The summed E-state index contributed by atoms with van der Waals surface area (Å²) in [5.74, 6) is 1.23. The van der Waals surface area contributed by atoms with Gasteiger partial charge in [-0.1, -0.05) is 30.3 Å². The van der Waals surface area contributed by atoms with Gasteiger partial charge in [0.05, 0.1) is 12.8 Å². The van der Waals surface area contributed by atoms with E-state index in [-0.39, 0.29) is 24.7 Å². The minimum Gasteiger partial charge on any atom is -0.496 e. The van der Waals surface area contributed by atoms with Crippen LogP contribution in [0.3, 0.4) is 0 Å². The largest absolute Gasteiger partial charge is 0.496 e. The number of aromatic nitrogens is 2. The fourth-order valence-electron chi connectivity index (χ4n) is 3.86. The van der Waals surface area contributed by atoms with E-state index in [1.165, 1.54) is 0 Å². The maximum absolute atomic E-state index is 12.7. The zero-order valence-electron chi connectivity index (χ0n) is 17.8. The second kappa shape index (κ2) is 9.04. The summed E-state index contributed by atoms with van der Waals surface area (Å²) in [5.41, 5.74) is 3.52. The number of hydrogen-bond acceptors (Lipinski definition) is 4. The van der Waals surface area contributed by atoms with Crippen LogP contribution in [0.4, 0.5) is 11.5 Å². The predicted octanol–water partition coefficient (Wildman–Crippen LogP) is 4.02. The zero-order valence-corrected chi connectivity index (χ0v) is 17.8. The third kappa shape index (κ3) is 4.60. The molecule has 1 N–H and O–H groups in total. The summed E-state index contributed by atoms with van der Waals surface area (Å²) in [6.07, 6.45) is 1.13. The lowest BCUT2D eigenvalue weighted by molar-refractivity contribution is -0.122. The van der Waals surface area contributed by atoms with Crippen LogP contribution in [0.25, 0.3) is 11.1 Å². The van der Waals surface area contributed by atoms with Crippen molar-refractivity contribution < 1.29 is 14.3 Å². The summed E-state index contributed by atoms with van der Waals surface area (Å²) >= 11 is 0. The number of carbonyl (C=O) groups excluding carboxylic acids is 2. The predicted molar refractivity (Wildman–Crippen MR) is 120 cm³/mol. The monoisotopic (exact) mass is 418 g/mol. The molecule has 0 aliphatic carbocycles. The molecule has 2 aromatic carbocycles. The van der Waals surface area contributed by atoms with E-state index in [0.29, 0.717) is 18.0 Å². The van der Waals surface area contributed by atoms with E-state index in [2.05, 4.69) is 10.4 Å². The van der Waals surface area contributed by atoms with Gasteiger partial charge in [0.2, 0.25) is 11.8 Å². The number of rotatable bonds is 6. The van der Waals surface area contributed by atoms with E-state index in [0.717, 1.165) is 35.6 Å². The molecule has 1 aromatic heterocycles. The van der Waals surface area contributed by atoms with Crippen LogP contribution in [0.5, 0.6) is 5.75 Å². The average molecular weight is 418 g/mol. The number of amides is 2. The van der Waals surface area contributed by atoms with Gasteiger partial charge in [-0.25, -0.2) is 4.68 Å². The Morgan fingerprint density at radius 3 is 2.65 bits per heavy atom. The zero-order chi connectivity index (χ0) is 21.8. The molecule has 0 unspecified atom stereocenters. The molecule has 2 amide bonds. The van der Waals surface area contributed by atoms with Crippen molar-refractivity contribution in [2.24, 2.45) is 0 Å². The van der Waals surface area contributed by atoms with Crippen molar-refractivity contribution in [2.45, 2.75) is 32.7 Å². The maximum Gasteiger partial charge on any atom is 0.228 e. The third-order valence-electron chi connectivity index (χ3n) is 5.35. The lowest BCUT2D eigenvalue weighted by Gasteiger charge is -2.27. The van der Waals surface area contributed by atoms with Crippen molar-refractivity contribution in [1.82, 2.24) is 9.78 Å². The van der Waals surface area contributed by atoms with Gasteiger partial charge in [-0.05, 0) is 31.0 Å². The number of nitrogens with zero attached hydrogens (tertiary/aromatic N) is 3. The SMILES string of the molecule is COc1cc(NC(=O)CCC(=O)N2CCCn3nc(C)cc32)ccc1-c1ccccc1. The molecule has 0 bridgehead atoms. The standard InChI is InChI=1S/C24H26N4O3/c1-17-15-23-27(13-6-14-28(23)26-17)24(30)12-11-22(29)25-19-9-10-20(21(16-19)31-2)18-7-4-3-5-8-18/h3-5,7-10,15-16H,6,11-14H2,1-2H3,(H,25,29). The normalized spacial score (nSPS) is 12.9. The molecule has 0 spiro atoms. The number of methoxy groups -OCH3 is 1. The number of ether oxygens (including phenoxy) is 1. The van der Waals surface area contributed by atoms with Crippen LogP contribution in [0, 0.1) is 6.92 Å². The van der Waals surface area contributed by atoms with Gasteiger partial charge in [0.1, 0.15) is 11.6 Å². The number of anilines is 2. The maximum atomic E-state index is 12.7. The Bertz CT molecular complexity index is 1090. The first-order valence-corrected chi connectivity index (χ1v) is 10.4. The lowest BCUT2D eigenvalue weighted by atomic mass is 10.0. The quantitative estimate of drug-likeness (QED) is 0.656. The highest BCUT2D eigenvalue weighted by molar-refractivity contribution is 5.98. The first kappa shape index (κ1) is 20.7. The van der Waals surface area contributed by atoms with Crippen LogP contribution < -0.4 is 15.0 Å². The van der Waals surface area contributed by atoms with Gasteiger partial charge in [0.25, 0.3) is 0 Å². The molecule has 160 valence electrons. The number of hydrogen-bond donors (Lipinski definition) is 1. The van der Waals surface area contributed by atoms with Gasteiger partial charge >= 0.3 is 0 Å². The lowest BCUT2D eigenvalue weighted by Crippen LogP contribution is -2.37. The molecule has 0 atom stereocenters. The van der Waals surface area contributed by atoms with Gasteiger partial charge < -0.3 is 10.1 Å². The fourth-order valence-corrected chi connectivity index (χ4v) is 3.86. The number of benzene rings is 2. The number of carbonyl (C=O) groups is 2. The van der Waals surface area contributed by atoms with E-state index < -0.39 is 0 Å². The molecule has 0 saturated carbocycles. The van der Waals surface area contributed by atoms with Gasteiger partial charge in [-0.2, -0.15) is 5.10 Å². The smallest absolute Gasteiger partial charge is 0.228 e. The van der Waals surface area contributed by atoms with Gasteiger partial charge in [0.15, 0.2) is 0 Å². The molecule has 0 fully saturated rings. The Morgan fingerprint density at radius 2 is 1.87 bits per heavy atom. The van der Waals surface area contributed by atoms with Gasteiger partial charge in [0, 0.05) is 49.3 Å². The van der Waals surface area contributed by atoms with Crippen molar-refractivity contribution in [3.63, 3.8) is 0 Å². The molecule has 0 saturated heterocycles. The Balaban J connectivity index is 1.37. The van der Waals surface area contributed by atoms with Crippen molar-refractivity contribution in [1.29, 1.82) is 0 Å². The third-order valence-corrected chi connectivity index (χ3v) is 5.35. The summed E-state index contributed by atoms with van der Waals surface area (Å²) < 4.78 is 7.37. The minimum atomic E-state index is -0.204. The van der Waals surface area contributed by atoms with Crippen LogP contribution in [0.2, 0.25) is 0 Å². The molecule has 3 aromatic rings. The Kier molecular flexibility index (Phi) is 6.02. The topological polar surface area (TPSA) is 76.5 Å². The second-order valence-corrected chi connectivity index (χ2v) is 7.60. The molecular weight excluding hydrogens is 392 g/mol. The number of fused-ring (bicyclic) bond motifs is 1. The van der Waals surface area contributed by atoms with Crippen LogP contribution >= 0.6 is 0 Å². The minimum absolute atomic E-state index is 0.0620. The van der Waals surface area contributed by atoms with Crippen LogP contribution in [0.1, 0.15) is 25.0 Å². The molecule has 1 aliphatic rings. The first-order valence-electron chi connectivity index (χ1n) is 10.4. The van der Waals surface area contributed by atoms with E-state index >= 15 is 0 Å². The summed E-state index contributed by atoms with van der Waals surface area (Å²) in [5, 5.41) is 7.28. The Morgan fingerprint density at radius 1 is 1.06 bits per heavy atom. The Hall–Kier alpha value is -3.61. The molecule has 4 rings (SSSR count). The summed E-state index contributed by atoms with van der Waals surface area (Å²) in [7, 11) is 1.61. The van der Waals surface area contributed by atoms with E-state index in [1.807, 2.05) is 60.1 Å². The highest BCUT2D eigenvalue weighted by Gasteiger charge is 2.24. The molecule has 2 heterocycles. The van der Waals surface area contributed by atoms with Crippen molar-refractivity contribution >= 4 is 23.3 Å². The molecule has 1 aliphatic heterocycles. The van der Waals surface area contributed by atoms with Crippen molar-refractivity contribution in [3.05, 3.63) is 60.3 Å². The fraction of sp³-hybridized carbons (Fsp3) is 0.292. The average Bonchev–Trinajstić information content (AvgIpc) is 3.18. The van der Waals surface area contributed by atoms with E-state index in [9.17, 15) is 9.59 Å². The molecule has 7 heteroatoms. The summed E-state index contributed by atoms with van der Waals surface area (Å²) in [6.45, 7) is 3.39. The Labute approximate surface area is 181 Å². The van der Waals surface area contributed by atoms with Gasteiger partial charge in [-0.15, -0.1) is 0 Å². The highest BCUT2D eigenvalue weighted by Crippen LogP contribution is 2.32. The number of nitrogens with one attached hydrogen (secondary N) is 1. The molecular formula is C24H26N4O3. The van der Waals surface area contributed by atoms with Crippen LogP contribution in [0.15, 0.2) is 54.6 Å². The first-order chi connectivity index (χ1) is 15.0. The van der Waals surface area contributed by atoms with Crippen molar-refractivity contribution in [2.75, 3.05) is 23.9 Å². The van der Waals surface area contributed by atoms with E-state index in [1.54, 1.807) is 18.1 Å².